The monoisotopic (exact) mass is 229 g/mol. The summed E-state index contributed by atoms with van der Waals surface area (Å²) in [5.41, 5.74) is 9.16. The Bertz CT molecular complexity index is 426. The molecule has 2 rings (SSSR count). The van der Waals surface area contributed by atoms with Crippen LogP contribution in [0.15, 0.2) is 18.2 Å². The second-order valence-corrected chi connectivity index (χ2v) is 4.87. The number of hydrogen-bond acceptors (Lipinski definition) is 3. The molecular formula is C14H19N3. The minimum absolute atomic E-state index is 0.383. The fraction of sp³-hybridized carbons (Fsp3) is 0.500. The topological polar surface area (TPSA) is 53.0 Å². The fourth-order valence-corrected chi connectivity index (χ4v) is 2.29. The van der Waals surface area contributed by atoms with E-state index >= 15 is 0 Å². The zero-order valence-electron chi connectivity index (χ0n) is 10.3. The van der Waals surface area contributed by atoms with Gasteiger partial charge in [0.2, 0.25) is 0 Å². The first-order chi connectivity index (χ1) is 8.19. The number of likely N-dealkylation sites (tertiary alicyclic amines) is 1. The van der Waals surface area contributed by atoms with E-state index < -0.39 is 0 Å². The van der Waals surface area contributed by atoms with Crippen LogP contribution in [0.5, 0.6) is 0 Å². The van der Waals surface area contributed by atoms with Gasteiger partial charge in [-0.15, -0.1) is 0 Å². The molecule has 1 saturated heterocycles. The minimum Gasteiger partial charge on any atom is -0.328 e. The van der Waals surface area contributed by atoms with Crippen molar-refractivity contribution in [3.8, 4) is 6.07 Å². The van der Waals surface area contributed by atoms with E-state index in [9.17, 15) is 0 Å². The van der Waals surface area contributed by atoms with E-state index in [0.717, 1.165) is 38.0 Å². The highest BCUT2D eigenvalue weighted by atomic mass is 15.1. The molecule has 1 fully saturated rings. The first-order valence-corrected chi connectivity index (χ1v) is 6.16. The molecule has 1 aliphatic heterocycles. The van der Waals surface area contributed by atoms with Crippen LogP contribution in [0.3, 0.4) is 0 Å². The molecule has 0 amide bonds. The Balaban J connectivity index is 2.02. The molecule has 1 aromatic carbocycles. The van der Waals surface area contributed by atoms with Crippen LogP contribution >= 0.6 is 0 Å². The summed E-state index contributed by atoms with van der Waals surface area (Å²) in [4.78, 5) is 2.44. The maximum atomic E-state index is 8.83. The van der Waals surface area contributed by atoms with Crippen molar-refractivity contribution >= 4 is 0 Å². The molecule has 2 N–H and O–H groups in total. The number of nitriles is 1. The minimum atomic E-state index is 0.383. The maximum Gasteiger partial charge on any atom is 0.0991 e. The smallest absolute Gasteiger partial charge is 0.0991 e. The highest BCUT2D eigenvalue weighted by Crippen LogP contribution is 2.16. The van der Waals surface area contributed by atoms with Gasteiger partial charge >= 0.3 is 0 Å². The lowest BCUT2D eigenvalue weighted by atomic mass is 10.0. The fourth-order valence-electron chi connectivity index (χ4n) is 2.29. The van der Waals surface area contributed by atoms with Crippen molar-refractivity contribution in [2.45, 2.75) is 32.4 Å². The summed E-state index contributed by atoms with van der Waals surface area (Å²) in [5.74, 6) is 0. The maximum absolute atomic E-state index is 8.83. The molecule has 17 heavy (non-hydrogen) atoms. The van der Waals surface area contributed by atoms with Crippen molar-refractivity contribution in [3.63, 3.8) is 0 Å². The van der Waals surface area contributed by atoms with Gasteiger partial charge in [0.15, 0.2) is 0 Å². The molecule has 1 heterocycles. The molecular weight excluding hydrogens is 210 g/mol. The van der Waals surface area contributed by atoms with Crippen LogP contribution in [0.4, 0.5) is 0 Å². The predicted octanol–water partition coefficient (Wildman–Crippen LogP) is 1.79. The third-order valence-electron chi connectivity index (χ3n) is 3.50. The zero-order chi connectivity index (χ0) is 12.3. The molecule has 1 aromatic rings. The Kier molecular flexibility index (Phi) is 3.78. The molecule has 90 valence electrons. The highest BCUT2D eigenvalue weighted by Gasteiger charge is 2.16. The second kappa shape index (κ2) is 5.31. The molecule has 0 spiro atoms. The molecule has 0 aromatic heterocycles. The first kappa shape index (κ1) is 12.1. The number of nitrogens with two attached hydrogens (primary N) is 1. The van der Waals surface area contributed by atoms with Gasteiger partial charge in [-0.25, -0.2) is 0 Å². The van der Waals surface area contributed by atoms with Crippen molar-refractivity contribution in [1.29, 1.82) is 5.26 Å². The van der Waals surface area contributed by atoms with Crippen LogP contribution in [-0.4, -0.2) is 24.0 Å². The quantitative estimate of drug-likeness (QED) is 0.841. The summed E-state index contributed by atoms with van der Waals surface area (Å²) >= 11 is 0. The Morgan fingerprint density at radius 1 is 1.41 bits per heavy atom. The molecule has 1 aliphatic rings. The van der Waals surface area contributed by atoms with E-state index in [-0.39, 0.29) is 0 Å². The lowest BCUT2D eigenvalue weighted by molar-refractivity contribution is 0.205. The Morgan fingerprint density at radius 3 is 2.71 bits per heavy atom. The molecule has 3 heteroatoms. The third-order valence-corrected chi connectivity index (χ3v) is 3.50. The van der Waals surface area contributed by atoms with Crippen LogP contribution in [0.2, 0.25) is 0 Å². The molecule has 0 radical (unpaired) electrons. The van der Waals surface area contributed by atoms with Gasteiger partial charge in [-0.3, -0.25) is 4.90 Å². The van der Waals surface area contributed by atoms with E-state index in [4.69, 9.17) is 11.0 Å². The molecule has 0 unspecified atom stereocenters. The summed E-state index contributed by atoms with van der Waals surface area (Å²) in [6.07, 6.45) is 2.19. The summed E-state index contributed by atoms with van der Waals surface area (Å²) in [5, 5.41) is 8.83. The molecule has 0 bridgehead atoms. The van der Waals surface area contributed by atoms with E-state index in [2.05, 4.69) is 24.0 Å². The van der Waals surface area contributed by atoms with Gasteiger partial charge in [0.05, 0.1) is 11.6 Å². The number of hydrogen-bond donors (Lipinski definition) is 1. The SMILES string of the molecule is Cc1cc(C#N)ccc1CN1CCC(N)CC1. The molecule has 0 saturated carbocycles. The van der Waals surface area contributed by atoms with E-state index in [1.165, 1.54) is 11.1 Å². The molecule has 0 atom stereocenters. The number of aryl methyl sites for hydroxylation is 1. The summed E-state index contributed by atoms with van der Waals surface area (Å²) in [7, 11) is 0. The Hall–Kier alpha value is -1.37. The van der Waals surface area contributed by atoms with E-state index in [0.29, 0.717) is 6.04 Å². The summed E-state index contributed by atoms with van der Waals surface area (Å²) in [6, 6.07) is 8.49. The normalized spacial score (nSPS) is 17.9. The Labute approximate surface area is 103 Å². The summed E-state index contributed by atoms with van der Waals surface area (Å²) < 4.78 is 0. The predicted molar refractivity (Wildman–Crippen MR) is 68.4 cm³/mol. The van der Waals surface area contributed by atoms with Crippen molar-refractivity contribution in [1.82, 2.24) is 4.90 Å². The van der Waals surface area contributed by atoms with Crippen molar-refractivity contribution in [2.24, 2.45) is 5.73 Å². The van der Waals surface area contributed by atoms with Gasteiger partial charge in [0, 0.05) is 12.6 Å². The number of piperidine rings is 1. The summed E-state index contributed by atoms with van der Waals surface area (Å²) in [6.45, 7) is 5.22. The number of nitrogens with zero attached hydrogens (tertiary/aromatic N) is 2. The van der Waals surface area contributed by atoms with Gasteiger partial charge in [0.25, 0.3) is 0 Å². The van der Waals surface area contributed by atoms with Crippen LogP contribution in [0, 0.1) is 18.3 Å². The lowest BCUT2D eigenvalue weighted by Crippen LogP contribution is -2.39. The van der Waals surface area contributed by atoms with E-state index in [1.54, 1.807) is 0 Å². The van der Waals surface area contributed by atoms with Crippen LogP contribution in [0.25, 0.3) is 0 Å². The number of rotatable bonds is 2. The number of benzene rings is 1. The average molecular weight is 229 g/mol. The standard InChI is InChI=1S/C14H19N3/c1-11-8-12(9-15)2-3-13(11)10-17-6-4-14(16)5-7-17/h2-3,8,14H,4-7,10,16H2,1H3. The third kappa shape index (κ3) is 3.06. The Morgan fingerprint density at radius 2 is 2.12 bits per heavy atom. The zero-order valence-corrected chi connectivity index (χ0v) is 10.3. The van der Waals surface area contributed by atoms with E-state index in [1.807, 2.05) is 12.1 Å². The molecule has 0 aliphatic carbocycles. The van der Waals surface area contributed by atoms with Crippen LogP contribution < -0.4 is 5.73 Å². The van der Waals surface area contributed by atoms with Gasteiger partial charge in [0.1, 0.15) is 0 Å². The highest BCUT2D eigenvalue weighted by molar-refractivity contribution is 5.37. The van der Waals surface area contributed by atoms with Gasteiger partial charge in [-0.1, -0.05) is 6.07 Å². The lowest BCUT2D eigenvalue weighted by Gasteiger charge is -2.30. The average Bonchev–Trinajstić information content (AvgIpc) is 2.34. The van der Waals surface area contributed by atoms with Gasteiger partial charge in [-0.2, -0.15) is 5.26 Å². The largest absolute Gasteiger partial charge is 0.328 e. The van der Waals surface area contributed by atoms with Gasteiger partial charge < -0.3 is 5.73 Å². The molecule has 3 nitrogen and oxygen atoms in total. The van der Waals surface area contributed by atoms with Crippen molar-refractivity contribution in [3.05, 3.63) is 34.9 Å². The van der Waals surface area contributed by atoms with Crippen LogP contribution in [-0.2, 0) is 6.54 Å². The second-order valence-electron chi connectivity index (χ2n) is 4.87. The van der Waals surface area contributed by atoms with Gasteiger partial charge in [-0.05, 0) is 56.1 Å². The van der Waals surface area contributed by atoms with Crippen LogP contribution in [0.1, 0.15) is 29.5 Å². The first-order valence-electron chi connectivity index (χ1n) is 6.16. The van der Waals surface area contributed by atoms with Crippen molar-refractivity contribution < 1.29 is 0 Å². The van der Waals surface area contributed by atoms with Crippen molar-refractivity contribution in [2.75, 3.05) is 13.1 Å².